The minimum Gasteiger partial charge on any atom is -0.358 e. The van der Waals surface area contributed by atoms with E-state index < -0.39 is 4.92 Å². The molecular formula is C8H8N4O3. The number of nitrogens with one attached hydrogen (secondary N) is 2. The first-order chi connectivity index (χ1) is 7.09. The molecule has 1 aromatic heterocycles. The van der Waals surface area contributed by atoms with Crippen LogP contribution in [-0.4, -0.2) is 27.3 Å². The van der Waals surface area contributed by atoms with E-state index in [1.807, 2.05) is 0 Å². The molecule has 1 amide bonds. The van der Waals surface area contributed by atoms with Crippen molar-refractivity contribution in [2.75, 3.05) is 6.54 Å². The summed E-state index contributed by atoms with van der Waals surface area (Å²) >= 11 is 0. The van der Waals surface area contributed by atoms with Gasteiger partial charge in [0.2, 0.25) is 5.91 Å². The lowest BCUT2D eigenvalue weighted by Gasteiger charge is -1.89. The largest absolute Gasteiger partial charge is 0.358 e. The van der Waals surface area contributed by atoms with Gasteiger partial charge in [0, 0.05) is 6.92 Å². The van der Waals surface area contributed by atoms with Gasteiger partial charge in [-0.1, -0.05) is 5.92 Å². The molecule has 0 saturated carbocycles. The average molecular weight is 208 g/mol. The third-order valence-corrected chi connectivity index (χ3v) is 1.39. The van der Waals surface area contributed by atoms with Gasteiger partial charge in [-0.25, -0.2) is 9.97 Å². The standard InChI is InChI=1S/C8H8N4O3/c1-6(13)9-4-2-3-7-10-5-8(11-7)12(14)15/h5H,4H2,1H3,(H,9,13)(H,10,11). The van der Waals surface area contributed by atoms with Crippen LogP contribution < -0.4 is 5.32 Å². The van der Waals surface area contributed by atoms with Gasteiger partial charge in [0.25, 0.3) is 5.82 Å². The molecule has 0 unspecified atom stereocenters. The Kier molecular flexibility index (Phi) is 3.40. The summed E-state index contributed by atoms with van der Waals surface area (Å²) in [6.07, 6.45) is 1.09. The number of carbonyl (C=O) groups is 1. The van der Waals surface area contributed by atoms with Gasteiger partial charge >= 0.3 is 5.82 Å². The highest BCUT2D eigenvalue weighted by molar-refractivity contribution is 5.73. The summed E-state index contributed by atoms with van der Waals surface area (Å²) in [7, 11) is 0. The summed E-state index contributed by atoms with van der Waals surface area (Å²) in [5, 5.41) is 12.7. The summed E-state index contributed by atoms with van der Waals surface area (Å²) in [4.78, 5) is 26.2. The smallest absolute Gasteiger partial charge is 0.341 e. The lowest BCUT2D eigenvalue weighted by Crippen LogP contribution is -2.19. The molecule has 0 aliphatic heterocycles. The number of hydrogen-bond acceptors (Lipinski definition) is 4. The zero-order chi connectivity index (χ0) is 11.3. The summed E-state index contributed by atoms with van der Waals surface area (Å²) in [5.74, 6) is 4.93. The molecule has 2 N–H and O–H groups in total. The molecule has 1 heterocycles. The number of H-pyrrole nitrogens is 1. The number of nitro groups is 1. The normalized spacial score (nSPS) is 8.87. The second-order valence-corrected chi connectivity index (χ2v) is 2.59. The van der Waals surface area contributed by atoms with Crippen LogP contribution in [-0.2, 0) is 4.79 Å². The summed E-state index contributed by atoms with van der Waals surface area (Å²) in [5.41, 5.74) is 0. The molecule has 1 rings (SSSR count). The fourth-order valence-corrected chi connectivity index (χ4v) is 0.764. The minimum absolute atomic E-state index is 0.184. The highest BCUT2D eigenvalue weighted by Crippen LogP contribution is 2.04. The van der Waals surface area contributed by atoms with E-state index in [2.05, 4.69) is 27.1 Å². The van der Waals surface area contributed by atoms with E-state index >= 15 is 0 Å². The van der Waals surface area contributed by atoms with Crippen LogP contribution in [0.3, 0.4) is 0 Å². The van der Waals surface area contributed by atoms with Crippen molar-refractivity contribution in [2.24, 2.45) is 0 Å². The van der Waals surface area contributed by atoms with Crippen LogP contribution in [0.4, 0.5) is 5.82 Å². The number of aromatic nitrogens is 2. The first kappa shape index (κ1) is 10.7. The van der Waals surface area contributed by atoms with Crippen molar-refractivity contribution in [1.82, 2.24) is 15.3 Å². The predicted molar refractivity (Wildman–Crippen MR) is 50.8 cm³/mol. The number of hydrogen-bond donors (Lipinski definition) is 2. The number of aromatic amines is 1. The Morgan fingerprint density at radius 3 is 3.07 bits per heavy atom. The second-order valence-electron chi connectivity index (χ2n) is 2.59. The molecule has 0 bridgehead atoms. The summed E-state index contributed by atoms with van der Waals surface area (Å²) < 4.78 is 0. The Hall–Kier alpha value is -2.36. The van der Waals surface area contributed by atoms with Crippen LogP contribution in [0.2, 0.25) is 0 Å². The van der Waals surface area contributed by atoms with Crippen molar-refractivity contribution in [2.45, 2.75) is 6.92 Å². The molecule has 7 heteroatoms. The number of rotatable bonds is 2. The third-order valence-electron chi connectivity index (χ3n) is 1.39. The van der Waals surface area contributed by atoms with Crippen LogP contribution in [0.5, 0.6) is 0 Å². The zero-order valence-corrected chi connectivity index (χ0v) is 7.90. The lowest BCUT2D eigenvalue weighted by atomic mass is 10.5. The molecule has 0 radical (unpaired) electrons. The fraction of sp³-hybridized carbons (Fsp3) is 0.250. The van der Waals surface area contributed by atoms with E-state index in [-0.39, 0.29) is 24.1 Å². The van der Waals surface area contributed by atoms with Crippen LogP contribution >= 0.6 is 0 Å². The van der Waals surface area contributed by atoms with Crippen LogP contribution in [0.25, 0.3) is 0 Å². The zero-order valence-electron chi connectivity index (χ0n) is 7.90. The van der Waals surface area contributed by atoms with E-state index in [9.17, 15) is 14.9 Å². The molecule has 15 heavy (non-hydrogen) atoms. The molecule has 0 atom stereocenters. The second kappa shape index (κ2) is 4.76. The number of nitrogens with zero attached hydrogens (tertiary/aromatic N) is 2. The SMILES string of the molecule is CC(=O)NCC#Cc1ncc([N+](=O)[O-])[nH]1. The van der Waals surface area contributed by atoms with Gasteiger partial charge in [-0.2, -0.15) is 0 Å². The molecule has 78 valence electrons. The summed E-state index contributed by atoms with van der Waals surface area (Å²) in [6, 6.07) is 0. The van der Waals surface area contributed by atoms with Gasteiger partial charge in [-0.05, 0) is 10.8 Å². The minimum atomic E-state index is -0.591. The van der Waals surface area contributed by atoms with Gasteiger partial charge in [0.15, 0.2) is 0 Å². The Morgan fingerprint density at radius 2 is 2.53 bits per heavy atom. The Labute approximate surface area is 85.0 Å². The topological polar surface area (TPSA) is 101 Å². The number of imidazole rings is 1. The molecular weight excluding hydrogens is 200 g/mol. The quantitative estimate of drug-likeness (QED) is 0.399. The van der Waals surface area contributed by atoms with Crippen molar-refractivity contribution < 1.29 is 9.72 Å². The van der Waals surface area contributed by atoms with Crippen molar-refractivity contribution >= 4 is 11.7 Å². The average Bonchev–Trinajstić information content (AvgIpc) is 2.60. The molecule has 7 nitrogen and oxygen atoms in total. The maximum absolute atomic E-state index is 10.5. The van der Waals surface area contributed by atoms with E-state index in [4.69, 9.17) is 0 Å². The van der Waals surface area contributed by atoms with Crippen LogP contribution in [0.15, 0.2) is 6.20 Å². The lowest BCUT2D eigenvalue weighted by molar-refractivity contribution is -0.389. The molecule has 1 aromatic rings. The van der Waals surface area contributed by atoms with Gasteiger partial charge in [0.05, 0.1) is 6.54 Å². The van der Waals surface area contributed by atoms with Crippen molar-refractivity contribution in [3.05, 3.63) is 22.1 Å². The van der Waals surface area contributed by atoms with Gasteiger partial charge < -0.3 is 15.4 Å². The highest BCUT2D eigenvalue weighted by atomic mass is 16.6. The van der Waals surface area contributed by atoms with E-state index in [1.165, 1.54) is 6.92 Å². The first-order valence-corrected chi connectivity index (χ1v) is 4.02. The monoisotopic (exact) mass is 208 g/mol. The predicted octanol–water partition coefficient (Wildman–Crippen LogP) is -0.195. The Morgan fingerprint density at radius 1 is 1.80 bits per heavy atom. The summed E-state index contributed by atoms with van der Waals surface area (Å²) in [6.45, 7) is 1.56. The van der Waals surface area contributed by atoms with E-state index in [1.54, 1.807) is 0 Å². The Balaban J connectivity index is 2.56. The molecule has 0 spiro atoms. The maximum atomic E-state index is 10.5. The maximum Gasteiger partial charge on any atom is 0.341 e. The highest BCUT2D eigenvalue weighted by Gasteiger charge is 2.06. The number of amides is 1. The van der Waals surface area contributed by atoms with Gasteiger partial charge in [-0.3, -0.25) is 4.79 Å². The van der Waals surface area contributed by atoms with Crippen LogP contribution in [0, 0.1) is 22.0 Å². The molecule has 0 aliphatic rings. The van der Waals surface area contributed by atoms with Crippen molar-refractivity contribution in [3.8, 4) is 11.8 Å². The van der Waals surface area contributed by atoms with E-state index in [0.717, 1.165) is 6.20 Å². The molecule has 0 saturated heterocycles. The van der Waals surface area contributed by atoms with E-state index in [0.29, 0.717) is 0 Å². The molecule has 0 fully saturated rings. The first-order valence-electron chi connectivity index (χ1n) is 4.02. The van der Waals surface area contributed by atoms with Crippen molar-refractivity contribution in [3.63, 3.8) is 0 Å². The fourth-order valence-electron chi connectivity index (χ4n) is 0.764. The number of carbonyl (C=O) groups excluding carboxylic acids is 1. The van der Waals surface area contributed by atoms with Crippen molar-refractivity contribution in [1.29, 1.82) is 0 Å². The Bertz CT molecular complexity index is 440. The van der Waals surface area contributed by atoms with Crippen LogP contribution in [0.1, 0.15) is 12.7 Å². The van der Waals surface area contributed by atoms with Gasteiger partial charge in [-0.15, -0.1) is 0 Å². The van der Waals surface area contributed by atoms with Gasteiger partial charge in [0.1, 0.15) is 6.20 Å². The molecule has 0 aromatic carbocycles. The third kappa shape index (κ3) is 3.48. The molecule has 0 aliphatic carbocycles.